The van der Waals surface area contributed by atoms with Crippen LogP contribution in [0.15, 0.2) is 36.4 Å². The van der Waals surface area contributed by atoms with E-state index in [0.29, 0.717) is 5.92 Å². The second-order valence-electron chi connectivity index (χ2n) is 10.1. The van der Waals surface area contributed by atoms with Crippen molar-refractivity contribution in [3.63, 3.8) is 0 Å². The summed E-state index contributed by atoms with van der Waals surface area (Å²) in [5.41, 5.74) is 10.3. The number of rotatable bonds is 3. The van der Waals surface area contributed by atoms with Gasteiger partial charge in [0.15, 0.2) is 5.69 Å². The summed E-state index contributed by atoms with van der Waals surface area (Å²) in [7, 11) is 2.23. The molecule has 1 heteroatoms. The number of hydrogen-bond donors (Lipinski definition) is 0. The molecule has 0 N–H and O–H groups in total. The van der Waals surface area contributed by atoms with Gasteiger partial charge in [-0.1, -0.05) is 32.0 Å². The molecule has 1 fully saturated rings. The molecule has 3 aromatic rings. The van der Waals surface area contributed by atoms with E-state index in [-0.39, 0.29) is 0 Å². The molecule has 0 spiro atoms. The first-order valence-electron chi connectivity index (χ1n) is 11.5. The zero-order valence-electron chi connectivity index (χ0n) is 18.7. The number of benzene rings is 2. The van der Waals surface area contributed by atoms with Crippen molar-refractivity contribution in [3.05, 3.63) is 64.3 Å². The molecule has 0 saturated heterocycles. The van der Waals surface area contributed by atoms with Crippen molar-refractivity contribution in [2.45, 2.75) is 71.6 Å². The van der Waals surface area contributed by atoms with Gasteiger partial charge in [-0.25, -0.2) is 0 Å². The van der Waals surface area contributed by atoms with E-state index in [4.69, 9.17) is 0 Å². The predicted molar refractivity (Wildman–Crippen MR) is 123 cm³/mol. The van der Waals surface area contributed by atoms with Gasteiger partial charge >= 0.3 is 0 Å². The molecule has 1 nitrogen and oxygen atoms in total. The van der Waals surface area contributed by atoms with Gasteiger partial charge in [-0.05, 0) is 96.6 Å². The Balaban J connectivity index is 1.73. The standard InChI is InChI=1S/C28H34N/c1-17(2)12-20-6-11-24-23(15-20)14-19(4)29(5)28(24)25-16-27-22-9-7-21(8-10-22)26(27)13-18(25)3/h6,11,13-17,21-22H,7-10,12H2,1-5H3/q+1. The van der Waals surface area contributed by atoms with Crippen LogP contribution in [0.4, 0.5) is 0 Å². The molecule has 1 saturated carbocycles. The van der Waals surface area contributed by atoms with E-state index < -0.39 is 0 Å². The van der Waals surface area contributed by atoms with Crippen LogP contribution in [0.2, 0.25) is 0 Å². The van der Waals surface area contributed by atoms with E-state index in [1.165, 1.54) is 64.5 Å². The van der Waals surface area contributed by atoms with E-state index in [1.807, 2.05) is 0 Å². The Hall–Kier alpha value is -2.15. The number of aromatic nitrogens is 1. The Labute approximate surface area is 175 Å². The molecule has 0 amide bonds. The third-order valence-corrected chi connectivity index (χ3v) is 7.54. The topological polar surface area (TPSA) is 3.88 Å². The molecule has 3 aliphatic rings. The highest BCUT2D eigenvalue weighted by Crippen LogP contribution is 2.50. The molecule has 1 heterocycles. The van der Waals surface area contributed by atoms with Crippen LogP contribution < -0.4 is 4.57 Å². The van der Waals surface area contributed by atoms with Gasteiger partial charge in [0.05, 0.1) is 10.9 Å². The number of fused-ring (bicyclic) bond motifs is 3. The van der Waals surface area contributed by atoms with Crippen molar-refractivity contribution in [2.24, 2.45) is 13.0 Å². The maximum atomic E-state index is 2.57. The fourth-order valence-corrected chi connectivity index (χ4v) is 5.97. The van der Waals surface area contributed by atoms with E-state index in [9.17, 15) is 0 Å². The second kappa shape index (κ2) is 6.97. The monoisotopic (exact) mass is 384 g/mol. The molecule has 2 aromatic carbocycles. The molecule has 150 valence electrons. The van der Waals surface area contributed by atoms with E-state index in [0.717, 1.165) is 18.3 Å². The molecular weight excluding hydrogens is 350 g/mol. The van der Waals surface area contributed by atoms with E-state index >= 15 is 0 Å². The number of nitrogens with zero attached hydrogens (tertiary/aromatic N) is 1. The zero-order chi connectivity index (χ0) is 20.3. The van der Waals surface area contributed by atoms with Crippen LogP contribution in [-0.2, 0) is 13.5 Å². The number of pyridine rings is 1. The Bertz CT molecular complexity index is 1100. The quantitative estimate of drug-likeness (QED) is 0.432. The predicted octanol–water partition coefficient (Wildman–Crippen LogP) is 6.90. The summed E-state index contributed by atoms with van der Waals surface area (Å²) in [5.74, 6) is 2.28. The van der Waals surface area contributed by atoms with Crippen LogP contribution in [0.1, 0.15) is 79.3 Å². The summed E-state index contributed by atoms with van der Waals surface area (Å²) < 4.78 is 2.40. The third kappa shape index (κ3) is 3.10. The van der Waals surface area contributed by atoms with Gasteiger partial charge in [0.25, 0.3) is 0 Å². The van der Waals surface area contributed by atoms with Gasteiger partial charge in [-0.3, -0.25) is 0 Å². The SMILES string of the molecule is Cc1cc2c(cc1-c1c3ccc(CC(C)C)cc3cc(C)[n+]1C)C1CCC2CC1. The van der Waals surface area contributed by atoms with Crippen LogP contribution >= 0.6 is 0 Å². The molecule has 0 atom stereocenters. The maximum absolute atomic E-state index is 2.57. The third-order valence-electron chi connectivity index (χ3n) is 7.54. The lowest BCUT2D eigenvalue weighted by molar-refractivity contribution is -0.665. The zero-order valence-corrected chi connectivity index (χ0v) is 18.7. The first-order valence-corrected chi connectivity index (χ1v) is 11.5. The Kier molecular flexibility index (Phi) is 4.53. The average molecular weight is 385 g/mol. The summed E-state index contributed by atoms with van der Waals surface area (Å²) in [6.07, 6.45) is 6.72. The Morgan fingerprint density at radius 3 is 2.21 bits per heavy atom. The largest absolute Gasteiger partial charge is 0.220 e. The van der Waals surface area contributed by atoms with Gasteiger partial charge in [0.1, 0.15) is 7.05 Å². The molecular formula is C28H34N+. The Morgan fingerprint density at radius 1 is 0.897 bits per heavy atom. The molecule has 6 rings (SSSR count). The molecule has 3 aliphatic carbocycles. The van der Waals surface area contributed by atoms with Crippen molar-refractivity contribution in [1.29, 1.82) is 0 Å². The first-order chi connectivity index (χ1) is 13.9. The molecule has 2 bridgehead atoms. The van der Waals surface area contributed by atoms with Crippen molar-refractivity contribution >= 4 is 10.8 Å². The minimum atomic E-state index is 0.686. The minimum Gasteiger partial charge on any atom is -0.198 e. The maximum Gasteiger partial charge on any atom is 0.220 e. The Morgan fingerprint density at radius 2 is 1.55 bits per heavy atom. The number of aryl methyl sites for hydroxylation is 2. The lowest BCUT2D eigenvalue weighted by atomic mass is 9.66. The van der Waals surface area contributed by atoms with Crippen molar-refractivity contribution in [3.8, 4) is 11.3 Å². The molecule has 0 unspecified atom stereocenters. The van der Waals surface area contributed by atoms with Crippen LogP contribution in [0.5, 0.6) is 0 Å². The van der Waals surface area contributed by atoms with Gasteiger partial charge in [0, 0.05) is 13.0 Å². The normalized spacial score (nSPS) is 20.5. The summed E-state index contributed by atoms with van der Waals surface area (Å²) in [4.78, 5) is 0. The second-order valence-corrected chi connectivity index (χ2v) is 10.1. The van der Waals surface area contributed by atoms with Crippen molar-refractivity contribution in [1.82, 2.24) is 0 Å². The highest BCUT2D eigenvalue weighted by molar-refractivity contribution is 5.94. The number of hydrogen-bond acceptors (Lipinski definition) is 0. The van der Waals surface area contributed by atoms with Crippen LogP contribution in [0.25, 0.3) is 22.0 Å². The van der Waals surface area contributed by atoms with Crippen molar-refractivity contribution in [2.75, 3.05) is 0 Å². The highest BCUT2D eigenvalue weighted by Gasteiger charge is 2.34. The lowest BCUT2D eigenvalue weighted by Crippen LogP contribution is -2.35. The molecule has 0 radical (unpaired) electrons. The van der Waals surface area contributed by atoms with Gasteiger partial charge in [-0.15, -0.1) is 0 Å². The average Bonchev–Trinajstić information content (AvgIpc) is 2.69. The fourth-order valence-electron chi connectivity index (χ4n) is 5.97. The highest BCUT2D eigenvalue weighted by atomic mass is 14.9. The van der Waals surface area contributed by atoms with Gasteiger partial charge < -0.3 is 0 Å². The fraction of sp³-hybridized carbons (Fsp3) is 0.464. The van der Waals surface area contributed by atoms with Crippen LogP contribution in [0.3, 0.4) is 0 Å². The minimum absolute atomic E-state index is 0.686. The van der Waals surface area contributed by atoms with E-state index in [1.54, 1.807) is 11.1 Å². The molecule has 1 aromatic heterocycles. The summed E-state index contributed by atoms with van der Waals surface area (Å²) in [6, 6.07) is 14.6. The smallest absolute Gasteiger partial charge is 0.198 e. The summed E-state index contributed by atoms with van der Waals surface area (Å²) in [6.45, 7) is 9.17. The molecule has 29 heavy (non-hydrogen) atoms. The van der Waals surface area contributed by atoms with Crippen molar-refractivity contribution < 1.29 is 4.57 Å². The molecule has 0 aliphatic heterocycles. The van der Waals surface area contributed by atoms with Crippen LogP contribution in [0, 0.1) is 19.8 Å². The lowest BCUT2D eigenvalue weighted by Gasteiger charge is -2.38. The van der Waals surface area contributed by atoms with Gasteiger partial charge in [-0.2, -0.15) is 4.57 Å². The first kappa shape index (κ1) is 18.9. The van der Waals surface area contributed by atoms with E-state index in [2.05, 4.69) is 75.7 Å². The summed E-state index contributed by atoms with van der Waals surface area (Å²) in [5, 5.41) is 2.77. The summed E-state index contributed by atoms with van der Waals surface area (Å²) >= 11 is 0. The van der Waals surface area contributed by atoms with Gasteiger partial charge in [0.2, 0.25) is 5.69 Å². The van der Waals surface area contributed by atoms with Crippen LogP contribution in [-0.4, -0.2) is 0 Å².